The van der Waals surface area contributed by atoms with Gasteiger partial charge in [-0.05, 0) is 30.2 Å². The Morgan fingerprint density at radius 2 is 2.15 bits per heavy atom. The molecule has 0 N–H and O–H groups in total. The van der Waals surface area contributed by atoms with Crippen molar-refractivity contribution < 1.29 is 13.5 Å². The van der Waals surface area contributed by atoms with Crippen LogP contribution >= 0.6 is 11.6 Å². The summed E-state index contributed by atoms with van der Waals surface area (Å²) in [5.41, 5.74) is 1.73. The third kappa shape index (κ3) is 2.41. The van der Waals surface area contributed by atoms with Gasteiger partial charge < -0.3 is 4.74 Å². The molecular formula is C15H12ClF2NO. The van der Waals surface area contributed by atoms with E-state index in [1.54, 1.807) is 18.2 Å². The lowest BCUT2D eigenvalue weighted by atomic mass is 10.0. The smallest absolute Gasteiger partial charge is 0.265 e. The van der Waals surface area contributed by atoms with Crippen molar-refractivity contribution in [3.63, 3.8) is 0 Å². The van der Waals surface area contributed by atoms with Gasteiger partial charge in [-0.15, -0.1) is 0 Å². The number of ether oxygens (including phenoxy) is 1. The van der Waals surface area contributed by atoms with Crippen LogP contribution in [0.25, 0.3) is 16.5 Å². The summed E-state index contributed by atoms with van der Waals surface area (Å²) in [5, 5.41) is 0.991. The number of benzene rings is 1. The third-order valence-corrected chi connectivity index (χ3v) is 3.67. The Balaban J connectivity index is 2.24. The van der Waals surface area contributed by atoms with Gasteiger partial charge in [0.1, 0.15) is 0 Å². The Kier molecular flexibility index (Phi) is 3.68. The molecule has 1 aliphatic heterocycles. The van der Waals surface area contributed by atoms with Gasteiger partial charge in [0, 0.05) is 16.0 Å². The molecule has 104 valence electrons. The zero-order chi connectivity index (χ0) is 14.1. The van der Waals surface area contributed by atoms with Crippen LogP contribution in [0.2, 0.25) is 5.02 Å². The van der Waals surface area contributed by atoms with E-state index in [4.69, 9.17) is 16.3 Å². The van der Waals surface area contributed by atoms with E-state index in [9.17, 15) is 8.78 Å². The van der Waals surface area contributed by atoms with E-state index in [1.807, 2.05) is 6.08 Å². The third-order valence-electron chi connectivity index (χ3n) is 3.34. The maximum atomic E-state index is 13.3. The predicted molar refractivity (Wildman–Crippen MR) is 75.1 cm³/mol. The van der Waals surface area contributed by atoms with Crippen LogP contribution in [0.5, 0.6) is 0 Å². The molecule has 0 unspecified atom stereocenters. The van der Waals surface area contributed by atoms with E-state index in [0.29, 0.717) is 41.3 Å². The topological polar surface area (TPSA) is 22.1 Å². The lowest BCUT2D eigenvalue weighted by Gasteiger charge is -2.17. The Hall–Kier alpha value is -1.52. The van der Waals surface area contributed by atoms with Crippen molar-refractivity contribution >= 4 is 28.1 Å². The van der Waals surface area contributed by atoms with E-state index >= 15 is 0 Å². The van der Waals surface area contributed by atoms with E-state index in [2.05, 4.69) is 4.98 Å². The summed E-state index contributed by atoms with van der Waals surface area (Å²) in [7, 11) is 0. The molecule has 0 aliphatic carbocycles. The first-order valence-corrected chi connectivity index (χ1v) is 6.69. The number of aromatic nitrogens is 1. The molecule has 5 heteroatoms. The molecule has 0 atom stereocenters. The first-order chi connectivity index (χ1) is 9.66. The van der Waals surface area contributed by atoms with Crippen LogP contribution in [0.3, 0.4) is 0 Å². The Labute approximate surface area is 120 Å². The van der Waals surface area contributed by atoms with Crippen LogP contribution in [0.1, 0.15) is 24.1 Å². The van der Waals surface area contributed by atoms with Crippen LogP contribution in [-0.2, 0) is 4.74 Å². The van der Waals surface area contributed by atoms with Gasteiger partial charge in [-0.25, -0.2) is 13.8 Å². The van der Waals surface area contributed by atoms with Gasteiger partial charge in [0.25, 0.3) is 6.43 Å². The van der Waals surface area contributed by atoms with E-state index in [1.165, 1.54) is 6.07 Å². The van der Waals surface area contributed by atoms with E-state index < -0.39 is 6.43 Å². The standard InChI is InChI=1S/C15H12ClF2NO/c16-12-2-1-3-13-10(12)8-11(15(17)18)14(19-13)9-4-6-20-7-5-9/h1-4,8,15H,5-7H2. The summed E-state index contributed by atoms with van der Waals surface area (Å²) < 4.78 is 31.8. The highest BCUT2D eigenvalue weighted by Crippen LogP contribution is 2.34. The van der Waals surface area contributed by atoms with E-state index in [0.717, 1.165) is 5.57 Å². The summed E-state index contributed by atoms with van der Waals surface area (Å²) in [5.74, 6) is 0. The Bertz CT molecular complexity index is 685. The Morgan fingerprint density at radius 1 is 1.30 bits per heavy atom. The van der Waals surface area contributed by atoms with Crippen molar-refractivity contribution in [1.82, 2.24) is 4.98 Å². The minimum atomic E-state index is -2.58. The largest absolute Gasteiger partial charge is 0.377 e. The Morgan fingerprint density at radius 3 is 2.85 bits per heavy atom. The lowest BCUT2D eigenvalue weighted by molar-refractivity contribution is 0.149. The van der Waals surface area contributed by atoms with Crippen LogP contribution < -0.4 is 0 Å². The summed E-state index contributed by atoms with van der Waals surface area (Å²) in [6.45, 7) is 0.969. The van der Waals surface area contributed by atoms with Gasteiger partial charge in [-0.1, -0.05) is 23.7 Å². The summed E-state index contributed by atoms with van der Waals surface area (Å²) in [4.78, 5) is 4.39. The molecule has 0 spiro atoms. The number of hydrogen-bond donors (Lipinski definition) is 0. The first kappa shape index (κ1) is 13.5. The molecule has 3 rings (SSSR count). The van der Waals surface area contributed by atoms with E-state index in [-0.39, 0.29) is 5.56 Å². The molecule has 0 amide bonds. The molecule has 2 heterocycles. The number of halogens is 3. The second-order valence-corrected chi connectivity index (χ2v) is 4.99. The number of pyridine rings is 1. The van der Waals surface area contributed by atoms with Gasteiger partial charge in [0.2, 0.25) is 0 Å². The monoisotopic (exact) mass is 295 g/mol. The second-order valence-electron chi connectivity index (χ2n) is 4.59. The quantitative estimate of drug-likeness (QED) is 0.806. The average Bonchev–Trinajstić information content (AvgIpc) is 2.47. The van der Waals surface area contributed by atoms with Crippen molar-refractivity contribution in [2.24, 2.45) is 0 Å². The maximum Gasteiger partial charge on any atom is 0.265 e. The lowest BCUT2D eigenvalue weighted by Crippen LogP contribution is -2.07. The summed E-state index contributed by atoms with van der Waals surface area (Å²) in [6, 6.07) is 6.66. The van der Waals surface area contributed by atoms with Crippen molar-refractivity contribution in [2.75, 3.05) is 13.2 Å². The first-order valence-electron chi connectivity index (χ1n) is 6.31. The fourth-order valence-corrected chi connectivity index (χ4v) is 2.56. The van der Waals surface area contributed by atoms with Crippen LogP contribution in [0, 0.1) is 0 Å². The van der Waals surface area contributed by atoms with Gasteiger partial charge in [-0.3, -0.25) is 0 Å². The highest BCUT2D eigenvalue weighted by atomic mass is 35.5. The van der Waals surface area contributed by atoms with Gasteiger partial charge >= 0.3 is 0 Å². The highest BCUT2D eigenvalue weighted by molar-refractivity contribution is 6.35. The molecule has 2 aromatic rings. The average molecular weight is 296 g/mol. The van der Waals surface area contributed by atoms with Gasteiger partial charge in [-0.2, -0.15) is 0 Å². The van der Waals surface area contributed by atoms with Crippen molar-refractivity contribution in [1.29, 1.82) is 0 Å². The van der Waals surface area contributed by atoms with Crippen molar-refractivity contribution in [3.8, 4) is 0 Å². The number of fused-ring (bicyclic) bond motifs is 1. The minimum Gasteiger partial charge on any atom is -0.377 e. The fourth-order valence-electron chi connectivity index (χ4n) is 2.34. The van der Waals surface area contributed by atoms with Gasteiger partial charge in [0.15, 0.2) is 0 Å². The molecule has 2 nitrogen and oxygen atoms in total. The molecule has 0 saturated carbocycles. The number of hydrogen-bond acceptors (Lipinski definition) is 2. The van der Waals surface area contributed by atoms with Crippen molar-refractivity contribution in [3.05, 3.63) is 46.6 Å². The van der Waals surface area contributed by atoms with Crippen LogP contribution in [0.4, 0.5) is 8.78 Å². The van der Waals surface area contributed by atoms with Crippen LogP contribution in [0.15, 0.2) is 30.3 Å². The molecule has 1 aromatic carbocycles. The molecule has 20 heavy (non-hydrogen) atoms. The minimum absolute atomic E-state index is 0.0706. The SMILES string of the molecule is FC(F)c1cc2c(Cl)cccc2nc1C1=CCOCC1. The molecule has 0 fully saturated rings. The highest BCUT2D eigenvalue weighted by Gasteiger charge is 2.20. The van der Waals surface area contributed by atoms with Crippen molar-refractivity contribution in [2.45, 2.75) is 12.8 Å². The molecule has 0 bridgehead atoms. The predicted octanol–water partition coefficient (Wildman–Crippen LogP) is 4.63. The van der Waals surface area contributed by atoms with Crippen LogP contribution in [-0.4, -0.2) is 18.2 Å². The number of rotatable bonds is 2. The molecular weight excluding hydrogens is 284 g/mol. The summed E-state index contributed by atoms with van der Waals surface area (Å²) in [6.07, 6.45) is -0.172. The molecule has 1 aromatic heterocycles. The molecule has 0 saturated heterocycles. The van der Waals surface area contributed by atoms with Gasteiger partial charge in [0.05, 0.1) is 24.4 Å². The molecule has 0 radical (unpaired) electrons. The molecule has 1 aliphatic rings. The maximum absolute atomic E-state index is 13.3. The fraction of sp³-hybridized carbons (Fsp3) is 0.267. The zero-order valence-electron chi connectivity index (χ0n) is 10.6. The number of alkyl halides is 2. The zero-order valence-corrected chi connectivity index (χ0v) is 11.3. The second kappa shape index (κ2) is 5.46. The number of nitrogens with zero attached hydrogens (tertiary/aromatic N) is 1. The normalized spacial score (nSPS) is 15.7. The summed E-state index contributed by atoms with van der Waals surface area (Å²) >= 11 is 6.05.